The van der Waals surface area contributed by atoms with Gasteiger partial charge in [-0.3, -0.25) is 9.59 Å². The Balaban J connectivity index is 2.10. The maximum atomic E-state index is 12.3. The number of hydrogen-bond acceptors (Lipinski definition) is 3. The molecule has 0 aliphatic heterocycles. The lowest BCUT2D eigenvalue weighted by Gasteiger charge is -2.22. The van der Waals surface area contributed by atoms with E-state index in [9.17, 15) is 9.59 Å². The summed E-state index contributed by atoms with van der Waals surface area (Å²) in [7, 11) is 0. The van der Waals surface area contributed by atoms with Crippen LogP contribution < -0.4 is 15.5 Å². The number of carbonyl (C=O) groups excluding carboxylic acids is 2. The van der Waals surface area contributed by atoms with E-state index in [1.54, 1.807) is 0 Å². The third-order valence-electron chi connectivity index (χ3n) is 4.51. The first-order chi connectivity index (χ1) is 12.4. The van der Waals surface area contributed by atoms with E-state index in [0.29, 0.717) is 11.4 Å². The molecule has 2 N–H and O–H groups in total. The van der Waals surface area contributed by atoms with Crippen LogP contribution in [0.4, 0.5) is 17.1 Å². The van der Waals surface area contributed by atoms with Gasteiger partial charge >= 0.3 is 11.8 Å². The molecule has 0 saturated carbocycles. The van der Waals surface area contributed by atoms with Crippen LogP contribution in [0.5, 0.6) is 0 Å². The second-order valence-corrected chi connectivity index (χ2v) is 6.35. The van der Waals surface area contributed by atoms with E-state index in [4.69, 9.17) is 0 Å². The molecule has 2 rings (SSSR count). The normalized spacial score (nSPS) is 10.3. The van der Waals surface area contributed by atoms with Crippen molar-refractivity contribution < 1.29 is 9.59 Å². The number of rotatable bonds is 5. The molecule has 0 aliphatic rings. The van der Waals surface area contributed by atoms with Gasteiger partial charge in [0.05, 0.1) is 0 Å². The van der Waals surface area contributed by atoms with E-state index in [1.165, 1.54) is 0 Å². The molecule has 5 heteroatoms. The summed E-state index contributed by atoms with van der Waals surface area (Å²) >= 11 is 0. The maximum absolute atomic E-state index is 12.3. The number of hydrogen-bond donors (Lipinski definition) is 2. The molecule has 0 radical (unpaired) electrons. The topological polar surface area (TPSA) is 61.4 Å². The van der Waals surface area contributed by atoms with Crippen molar-refractivity contribution in [1.29, 1.82) is 0 Å². The van der Waals surface area contributed by atoms with Crippen molar-refractivity contribution in [2.75, 3.05) is 28.6 Å². The molecule has 0 heterocycles. The third kappa shape index (κ3) is 4.42. The molecule has 138 valence electrons. The largest absolute Gasteiger partial charge is 0.372 e. The van der Waals surface area contributed by atoms with E-state index in [1.807, 2.05) is 57.2 Å². The highest BCUT2D eigenvalue weighted by molar-refractivity contribution is 6.43. The van der Waals surface area contributed by atoms with Gasteiger partial charge in [-0.2, -0.15) is 0 Å². The molecule has 0 atom stereocenters. The highest BCUT2D eigenvalue weighted by Crippen LogP contribution is 2.23. The van der Waals surface area contributed by atoms with Crippen LogP contribution in [0, 0.1) is 20.8 Å². The molecule has 2 aromatic rings. The lowest BCUT2D eigenvalue weighted by Crippen LogP contribution is -2.30. The first-order valence-electron chi connectivity index (χ1n) is 8.91. The second-order valence-electron chi connectivity index (χ2n) is 6.35. The van der Waals surface area contributed by atoms with Crippen LogP contribution >= 0.6 is 0 Å². The highest BCUT2D eigenvalue weighted by atomic mass is 16.2. The molecule has 0 aliphatic carbocycles. The minimum atomic E-state index is -0.675. The van der Waals surface area contributed by atoms with Crippen LogP contribution in [0.3, 0.4) is 0 Å². The van der Waals surface area contributed by atoms with Crippen LogP contribution in [0.25, 0.3) is 0 Å². The predicted octanol–water partition coefficient (Wildman–Crippen LogP) is 4.04. The van der Waals surface area contributed by atoms with Crippen molar-refractivity contribution in [3.05, 3.63) is 53.1 Å². The number of nitrogens with one attached hydrogen (secondary N) is 2. The van der Waals surface area contributed by atoms with Crippen molar-refractivity contribution in [2.24, 2.45) is 0 Å². The molecule has 2 amide bonds. The van der Waals surface area contributed by atoms with Gasteiger partial charge in [0.25, 0.3) is 0 Å². The Bertz CT molecular complexity index is 791. The molecular weight excluding hydrogens is 326 g/mol. The van der Waals surface area contributed by atoms with Gasteiger partial charge in [0.2, 0.25) is 0 Å². The maximum Gasteiger partial charge on any atom is 0.314 e. The summed E-state index contributed by atoms with van der Waals surface area (Å²) in [6.07, 6.45) is 0. The molecule has 0 unspecified atom stereocenters. The minimum absolute atomic E-state index is 0.641. The Hall–Kier alpha value is -2.82. The monoisotopic (exact) mass is 353 g/mol. The Morgan fingerprint density at radius 2 is 1.42 bits per heavy atom. The third-order valence-corrected chi connectivity index (χ3v) is 4.51. The fourth-order valence-electron chi connectivity index (χ4n) is 2.93. The quantitative estimate of drug-likeness (QED) is 0.798. The average Bonchev–Trinajstić information content (AvgIpc) is 2.61. The summed E-state index contributed by atoms with van der Waals surface area (Å²) in [5.74, 6) is -1.35. The molecule has 0 aromatic heterocycles. The van der Waals surface area contributed by atoms with Crippen molar-refractivity contribution >= 4 is 28.9 Å². The summed E-state index contributed by atoms with van der Waals surface area (Å²) in [5.41, 5.74) is 5.19. The number of amides is 2. The van der Waals surface area contributed by atoms with Crippen molar-refractivity contribution in [2.45, 2.75) is 34.6 Å². The van der Waals surface area contributed by atoms with Crippen molar-refractivity contribution in [1.82, 2.24) is 0 Å². The lowest BCUT2D eigenvalue weighted by atomic mass is 10.1. The van der Waals surface area contributed by atoms with Gasteiger partial charge in [0.1, 0.15) is 0 Å². The zero-order valence-corrected chi connectivity index (χ0v) is 16.1. The molecule has 0 spiro atoms. The van der Waals surface area contributed by atoms with Gasteiger partial charge in [-0.1, -0.05) is 18.2 Å². The summed E-state index contributed by atoms with van der Waals surface area (Å²) < 4.78 is 0. The van der Waals surface area contributed by atoms with E-state index >= 15 is 0 Å². The van der Waals surface area contributed by atoms with Gasteiger partial charge in [-0.25, -0.2) is 0 Å². The molecule has 0 saturated heterocycles. The predicted molar refractivity (Wildman–Crippen MR) is 108 cm³/mol. The highest BCUT2D eigenvalue weighted by Gasteiger charge is 2.17. The SMILES string of the molecule is CCN(CC)c1ccc(NC(=O)C(=O)Nc2c(C)cccc2C)c(C)c1. The number of aryl methyl sites for hydroxylation is 3. The van der Waals surface area contributed by atoms with E-state index < -0.39 is 11.8 Å². The van der Waals surface area contributed by atoms with Gasteiger partial charge in [-0.15, -0.1) is 0 Å². The summed E-state index contributed by atoms with van der Waals surface area (Å²) in [5, 5.41) is 5.41. The standard InChI is InChI=1S/C21H27N3O2/c1-6-24(7-2)17-11-12-18(16(5)13-17)22-20(25)21(26)23-19-14(3)9-8-10-15(19)4/h8-13H,6-7H2,1-5H3,(H,22,25)(H,23,26). The zero-order chi connectivity index (χ0) is 19.3. The zero-order valence-electron chi connectivity index (χ0n) is 16.1. The van der Waals surface area contributed by atoms with Crippen LogP contribution in [0.1, 0.15) is 30.5 Å². The molecular formula is C21H27N3O2. The number of benzene rings is 2. The van der Waals surface area contributed by atoms with E-state index in [-0.39, 0.29) is 0 Å². The Kier molecular flexibility index (Phi) is 6.39. The summed E-state index contributed by atoms with van der Waals surface area (Å²) in [6.45, 7) is 11.8. The van der Waals surface area contributed by atoms with Crippen LogP contribution in [-0.4, -0.2) is 24.9 Å². The summed E-state index contributed by atoms with van der Waals surface area (Å²) in [4.78, 5) is 26.8. The fourth-order valence-corrected chi connectivity index (χ4v) is 2.93. The van der Waals surface area contributed by atoms with Gasteiger partial charge in [-0.05, 0) is 69.5 Å². The Morgan fingerprint density at radius 1 is 0.846 bits per heavy atom. The van der Waals surface area contributed by atoms with Crippen molar-refractivity contribution in [3.8, 4) is 0 Å². The van der Waals surface area contributed by atoms with Crippen molar-refractivity contribution in [3.63, 3.8) is 0 Å². The lowest BCUT2D eigenvalue weighted by molar-refractivity contribution is -0.133. The van der Waals surface area contributed by atoms with Gasteiger partial charge in [0.15, 0.2) is 0 Å². The van der Waals surface area contributed by atoms with Crippen LogP contribution in [0.15, 0.2) is 36.4 Å². The Labute approximate surface area is 155 Å². The number of nitrogens with zero attached hydrogens (tertiary/aromatic N) is 1. The average molecular weight is 353 g/mol. The first kappa shape index (κ1) is 19.5. The molecule has 5 nitrogen and oxygen atoms in total. The fraction of sp³-hybridized carbons (Fsp3) is 0.333. The second kappa shape index (κ2) is 8.52. The molecule has 0 fully saturated rings. The van der Waals surface area contributed by atoms with Crippen LogP contribution in [-0.2, 0) is 9.59 Å². The number of para-hydroxylation sites is 1. The number of anilines is 3. The Morgan fingerprint density at radius 3 is 1.96 bits per heavy atom. The summed E-state index contributed by atoms with van der Waals surface area (Å²) in [6, 6.07) is 11.5. The van der Waals surface area contributed by atoms with Gasteiger partial charge < -0.3 is 15.5 Å². The van der Waals surface area contributed by atoms with E-state index in [0.717, 1.165) is 35.5 Å². The van der Waals surface area contributed by atoms with E-state index in [2.05, 4.69) is 29.4 Å². The smallest absolute Gasteiger partial charge is 0.314 e. The molecule has 2 aromatic carbocycles. The van der Waals surface area contributed by atoms with Gasteiger partial charge in [0, 0.05) is 30.2 Å². The molecule has 0 bridgehead atoms. The first-order valence-corrected chi connectivity index (χ1v) is 8.91. The van der Waals surface area contributed by atoms with Crippen LogP contribution in [0.2, 0.25) is 0 Å². The minimum Gasteiger partial charge on any atom is -0.372 e. The molecule has 26 heavy (non-hydrogen) atoms. The number of carbonyl (C=O) groups is 2.